The molecule has 2 aromatic rings. The molecule has 0 radical (unpaired) electrons. The average Bonchev–Trinajstić information content (AvgIpc) is 2.54. The molecule has 4 nitrogen and oxygen atoms in total. The monoisotopic (exact) mass is 284 g/mol. The highest BCUT2D eigenvalue weighted by molar-refractivity contribution is 6.05. The van der Waals surface area contributed by atoms with Crippen molar-refractivity contribution in [3.05, 3.63) is 42.1 Å². The Morgan fingerprint density at radius 2 is 2.19 bits per heavy atom. The zero-order valence-corrected chi connectivity index (χ0v) is 12.2. The van der Waals surface area contributed by atoms with Crippen LogP contribution in [-0.4, -0.2) is 40.1 Å². The fourth-order valence-electron chi connectivity index (χ4n) is 3.05. The number of carbonyl (C=O) groups is 1. The smallest absolute Gasteiger partial charge is 0.256 e. The average molecular weight is 284 g/mol. The number of nitrogens with zero attached hydrogens (tertiary/aromatic N) is 2. The summed E-state index contributed by atoms with van der Waals surface area (Å²) in [6.45, 7) is 3.29. The number of hydrogen-bond acceptors (Lipinski definition) is 3. The summed E-state index contributed by atoms with van der Waals surface area (Å²) in [7, 11) is 0. The van der Waals surface area contributed by atoms with Crippen LogP contribution >= 0.6 is 0 Å². The Balaban J connectivity index is 1.90. The van der Waals surface area contributed by atoms with Crippen molar-refractivity contribution in [1.29, 1.82) is 0 Å². The summed E-state index contributed by atoms with van der Waals surface area (Å²) in [4.78, 5) is 19.0. The third-order valence-electron chi connectivity index (χ3n) is 4.37. The van der Waals surface area contributed by atoms with Crippen LogP contribution < -0.4 is 0 Å². The predicted octanol–water partition coefficient (Wildman–Crippen LogP) is 2.47. The summed E-state index contributed by atoms with van der Waals surface area (Å²) in [6, 6.07) is 9.54. The maximum Gasteiger partial charge on any atom is 0.256 e. The van der Waals surface area contributed by atoms with Gasteiger partial charge in [-0.1, -0.05) is 25.1 Å². The Kier molecular flexibility index (Phi) is 3.88. The number of carbonyl (C=O) groups excluding carboxylic acids is 1. The van der Waals surface area contributed by atoms with Gasteiger partial charge in [0.2, 0.25) is 0 Å². The Labute approximate surface area is 124 Å². The third-order valence-corrected chi connectivity index (χ3v) is 4.37. The number of likely N-dealkylation sites (tertiary alicyclic amines) is 1. The second-order valence-electron chi connectivity index (χ2n) is 5.66. The van der Waals surface area contributed by atoms with E-state index in [1.54, 1.807) is 6.20 Å². The summed E-state index contributed by atoms with van der Waals surface area (Å²) in [5.41, 5.74) is 1.41. The van der Waals surface area contributed by atoms with Crippen LogP contribution in [-0.2, 0) is 0 Å². The number of para-hydroxylation sites is 1. The van der Waals surface area contributed by atoms with Crippen molar-refractivity contribution >= 4 is 16.8 Å². The maximum atomic E-state index is 12.8. The van der Waals surface area contributed by atoms with Gasteiger partial charge in [0, 0.05) is 30.6 Å². The normalized spacial score (nSPS) is 22.5. The minimum Gasteiger partial charge on any atom is -0.393 e. The van der Waals surface area contributed by atoms with Crippen molar-refractivity contribution in [3.63, 3.8) is 0 Å². The minimum atomic E-state index is -0.287. The van der Waals surface area contributed by atoms with Gasteiger partial charge in [-0.3, -0.25) is 9.78 Å². The van der Waals surface area contributed by atoms with E-state index in [-0.39, 0.29) is 17.9 Å². The van der Waals surface area contributed by atoms with Crippen LogP contribution in [0.2, 0.25) is 0 Å². The molecule has 1 N–H and O–H groups in total. The van der Waals surface area contributed by atoms with E-state index in [9.17, 15) is 9.90 Å². The number of piperidine rings is 1. The number of pyridine rings is 1. The van der Waals surface area contributed by atoms with Crippen LogP contribution in [0.25, 0.3) is 10.9 Å². The summed E-state index contributed by atoms with van der Waals surface area (Å²) < 4.78 is 0. The van der Waals surface area contributed by atoms with Crippen LogP contribution in [0.3, 0.4) is 0 Å². The first kappa shape index (κ1) is 14.0. The second kappa shape index (κ2) is 5.82. The van der Waals surface area contributed by atoms with Crippen LogP contribution in [0.15, 0.2) is 36.5 Å². The van der Waals surface area contributed by atoms with Gasteiger partial charge in [0.15, 0.2) is 0 Å². The molecule has 1 aliphatic rings. The number of aliphatic hydroxyl groups excluding tert-OH is 1. The molecule has 110 valence electrons. The lowest BCUT2D eigenvalue weighted by Crippen LogP contribution is -2.45. The lowest BCUT2D eigenvalue weighted by Gasteiger charge is -2.35. The molecule has 2 atom stereocenters. The number of hydrogen-bond donors (Lipinski definition) is 1. The number of aliphatic hydroxyl groups is 1. The van der Waals surface area contributed by atoms with Crippen LogP contribution in [0.5, 0.6) is 0 Å². The quantitative estimate of drug-likeness (QED) is 0.921. The molecule has 21 heavy (non-hydrogen) atoms. The van der Waals surface area contributed by atoms with Crippen molar-refractivity contribution in [2.45, 2.75) is 25.9 Å². The largest absolute Gasteiger partial charge is 0.393 e. The van der Waals surface area contributed by atoms with Gasteiger partial charge in [-0.25, -0.2) is 0 Å². The molecule has 0 spiro atoms. The lowest BCUT2D eigenvalue weighted by molar-refractivity contribution is 0.0230. The molecule has 0 bridgehead atoms. The Hall–Kier alpha value is -1.94. The first-order valence-corrected chi connectivity index (χ1v) is 7.51. The van der Waals surface area contributed by atoms with E-state index < -0.39 is 0 Å². The van der Waals surface area contributed by atoms with Crippen molar-refractivity contribution < 1.29 is 9.90 Å². The first-order chi connectivity index (χ1) is 10.2. The Bertz CT molecular complexity index is 651. The highest BCUT2D eigenvalue weighted by atomic mass is 16.3. The molecule has 2 unspecified atom stereocenters. The molecule has 0 aliphatic carbocycles. The highest BCUT2D eigenvalue weighted by Crippen LogP contribution is 2.24. The van der Waals surface area contributed by atoms with E-state index in [0.717, 1.165) is 17.3 Å². The third kappa shape index (κ3) is 2.63. The van der Waals surface area contributed by atoms with Crippen LogP contribution in [0, 0.1) is 5.92 Å². The van der Waals surface area contributed by atoms with Crippen molar-refractivity contribution in [3.8, 4) is 0 Å². The van der Waals surface area contributed by atoms with Crippen molar-refractivity contribution in [2.75, 3.05) is 13.1 Å². The fraction of sp³-hybridized carbons (Fsp3) is 0.412. The lowest BCUT2D eigenvalue weighted by atomic mass is 9.92. The van der Waals surface area contributed by atoms with Gasteiger partial charge in [0.1, 0.15) is 0 Å². The molecule has 3 rings (SSSR count). The van der Waals surface area contributed by atoms with E-state index in [1.165, 1.54) is 0 Å². The van der Waals surface area contributed by atoms with Crippen LogP contribution in [0.4, 0.5) is 0 Å². The fourth-order valence-corrected chi connectivity index (χ4v) is 3.05. The molecule has 0 saturated carbocycles. The Morgan fingerprint density at radius 1 is 1.38 bits per heavy atom. The molecule has 1 aromatic carbocycles. The summed E-state index contributed by atoms with van der Waals surface area (Å²) in [5.74, 6) is 0.190. The van der Waals surface area contributed by atoms with Crippen molar-refractivity contribution in [1.82, 2.24) is 9.88 Å². The molecule has 1 fully saturated rings. The topological polar surface area (TPSA) is 53.4 Å². The predicted molar refractivity (Wildman–Crippen MR) is 82.1 cm³/mol. The van der Waals surface area contributed by atoms with Gasteiger partial charge in [-0.05, 0) is 25.0 Å². The number of fused-ring (bicyclic) bond motifs is 1. The van der Waals surface area contributed by atoms with Gasteiger partial charge in [-0.2, -0.15) is 0 Å². The van der Waals surface area contributed by atoms with Crippen LogP contribution in [0.1, 0.15) is 30.1 Å². The van der Waals surface area contributed by atoms with Gasteiger partial charge in [0.05, 0.1) is 17.2 Å². The van der Waals surface area contributed by atoms with Gasteiger partial charge < -0.3 is 10.0 Å². The summed E-state index contributed by atoms with van der Waals surface area (Å²) in [6.07, 6.45) is 2.97. The van der Waals surface area contributed by atoms with E-state index >= 15 is 0 Å². The molecule has 1 aliphatic heterocycles. The minimum absolute atomic E-state index is 0.0182. The zero-order valence-electron chi connectivity index (χ0n) is 12.2. The van der Waals surface area contributed by atoms with Gasteiger partial charge >= 0.3 is 0 Å². The summed E-state index contributed by atoms with van der Waals surface area (Å²) in [5, 5.41) is 10.9. The van der Waals surface area contributed by atoms with Crippen molar-refractivity contribution in [2.24, 2.45) is 5.92 Å². The molecule has 4 heteroatoms. The van der Waals surface area contributed by atoms with Gasteiger partial charge in [0.25, 0.3) is 5.91 Å². The first-order valence-electron chi connectivity index (χ1n) is 7.51. The SMILES string of the molecule is CCC1CN(C(=O)c2cccc3cccnc23)CCC1O. The molecule has 1 aromatic heterocycles. The van der Waals surface area contributed by atoms with E-state index in [1.807, 2.05) is 35.2 Å². The number of rotatable bonds is 2. The Morgan fingerprint density at radius 3 is 3.00 bits per heavy atom. The van der Waals surface area contributed by atoms with Gasteiger partial charge in [-0.15, -0.1) is 0 Å². The molecular weight excluding hydrogens is 264 g/mol. The zero-order chi connectivity index (χ0) is 14.8. The molecular formula is C17H20N2O2. The highest BCUT2D eigenvalue weighted by Gasteiger charge is 2.30. The number of benzene rings is 1. The molecule has 1 amide bonds. The maximum absolute atomic E-state index is 12.8. The molecule has 1 saturated heterocycles. The van der Waals surface area contributed by atoms with E-state index in [0.29, 0.717) is 25.1 Å². The second-order valence-corrected chi connectivity index (χ2v) is 5.66. The van der Waals surface area contributed by atoms with E-state index in [2.05, 4.69) is 11.9 Å². The number of aromatic nitrogens is 1. The standard InChI is InChI=1S/C17H20N2O2/c1-2-12-11-19(10-8-15(12)20)17(21)14-7-3-5-13-6-4-9-18-16(13)14/h3-7,9,12,15,20H,2,8,10-11H2,1H3. The number of amides is 1. The van der Waals surface area contributed by atoms with E-state index in [4.69, 9.17) is 0 Å². The summed E-state index contributed by atoms with van der Waals surface area (Å²) >= 11 is 0. The molecule has 2 heterocycles.